The first-order chi connectivity index (χ1) is 25.5. The van der Waals surface area contributed by atoms with E-state index in [1.54, 1.807) is 19.9 Å². The number of aromatic nitrogens is 4. The summed E-state index contributed by atoms with van der Waals surface area (Å²) in [5.74, 6) is 1.45. The van der Waals surface area contributed by atoms with Gasteiger partial charge in [-0.1, -0.05) is 0 Å². The highest BCUT2D eigenvalue weighted by atomic mass is 16.6. The lowest BCUT2D eigenvalue weighted by Gasteiger charge is -2.28. The molecule has 1 saturated heterocycles. The quantitative estimate of drug-likeness (QED) is 0.124. The first kappa shape index (κ1) is 36.8. The van der Waals surface area contributed by atoms with Gasteiger partial charge in [0.15, 0.2) is 11.6 Å². The van der Waals surface area contributed by atoms with Crippen LogP contribution >= 0.6 is 0 Å². The number of aliphatic hydroxyl groups excluding tert-OH is 1. The zero-order chi connectivity index (χ0) is 36.3. The molecule has 3 aromatic carbocycles. The number of nitrogens with zero attached hydrogens (tertiary/aromatic N) is 5. The lowest BCUT2D eigenvalue weighted by atomic mass is 10.2. The molecule has 1 aliphatic rings. The van der Waals surface area contributed by atoms with Crippen molar-refractivity contribution in [1.29, 1.82) is 0 Å². The second-order valence-corrected chi connectivity index (χ2v) is 11.9. The minimum atomic E-state index is -0.557. The van der Waals surface area contributed by atoms with E-state index in [9.17, 15) is 9.59 Å². The Labute approximate surface area is 301 Å². The summed E-state index contributed by atoms with van der Waals surface area (Å²) in [5, 5.41) is 8.79. The highest BCUT2D eigenvalue weighted by Crippen LogP contribution is 2.33. The van der Waals surface area contributed by atoms with Crippen molar-refractivity contribution in [1.82, 2.24) is 19.1 Å². The first-order valence-corrected chi connectivity index (χ1v) is 17.7. The molecule has 14 heteroatoms. The molecule has 1 aliphatic heterocycles. The number of rotatable bonds is 16. The van der Waals surface area contributed by atoms with Gasteiger partial charge in [0.05, 0.1) is 55.1 Å². The molecule has 1 fully saturated rings. The second-order valence-electron chi connectivity index (χ2n) is 11.9. The molecule has 0 spiro atoms. The van der Waals surface area contributed by atoms with Gasteiger partial charge in [-0.15, -0.1) is 0 Å². The maximum Gasteiger partial charge on any atom is 0.420 e. The maximum absolute atomic E-state index is 13.3. The fourth-order valence-corrected chi connectivity index (χ4v) is 5.99. The van der Waals surface area contributed by atoms with Gasteiger partial charge in [0.1, 0.15) is 12.4 Å². The van der Waals surface area contributed by atoms with Crippen LogP contribution in [-0.4, -0.2) is 116 Å². The van der Waals surface area contributed by atoms with E-state index in [2.05, 4.69) is 4.90 Å². The summed E-state index contributed by atoms with van der Waals surface area (Å²) in [6.07, 6.45) is 0.310. The number of ether oxygens (including phenoxy) is 6. The Balaban J connectivity index is 1.24. The largest absolute Gasteiger partial charge is 0.491 e. The van der Waals surface area contributed by atoms with Crippen molar-refractivity contribution in [3.05, 3.63) is 60.7 Å². The lowest BCUT2D eigenvalue weighted by Crippen LogP contribution is -2.36. The summed E-state index contributed by atoms with van der Waals surface area (Å²) < 4.78 is 36.2. The summed E-state index contributed by atoms with van der Waals surface area (Å²) in [6, 6.07) is 18.6. The van der Waals surface area contributed by atoms with E-state index >= 15 is 0 Å². The van der Waals surface area contributed by atoms with Crippen LogP contribution in [0, 0.1) is 0 Å². The molecule has 0 unspecified atom stereocenters. The normalized spacial score (nSPS) is 13.2. The van der Waals surface area contributed by atoms with Crippen LogP contribution in [0.5, 0.6) is 5.75 Å². The Bertz CT molecular complexity index is 1950. The van der Waals surface area contributed by atoms with E-state index in [0.717, 1.165) is 25.2 Å². The van der Waals surface area contributed by atoms with Crippen LogP contribution in [0.1, 0.15) is 26.7 Å². The van der Waals surface area contributed by atoms with Crippen LogP contribution in [0.2, 0.25) is 0 Å². The van der Waals surface area contributed by atoms with Gasteiger partial charge in [-0.3, -0.25) is 0 Å². The number of hydrogen-bond acceptors (Lipinski definition) is 12. The number of fused-ring (bicyclic) bond motifs is 2. The third-order valence-electron chi connectivity index (χ3n) is 8.46. The standard InChI is InChI=1S/C38H45N5O9/c1-3-50-37(45)42-33-13-9-28(36-40-32-26-29(41-15-21-49-22-16-41)10-14-34(32)43(36)38(46)51-4-2)25-31(33)39-35(42)27-7-11-30(12-8-27)52-24-23-48-20-6-19-47-18-5-17-44/h7-14,25-26,44H,3-6,15-24H2,1-2H3. The monoisotopic (exact) mass is 715 g/mol. The number of imidazole rings is 2. The van der Waals surface area contributed by atoms with Crippen molar-refractivity contribution >= 4 is 39.9 Å². The van der Waals surface area contributed by atoms with Gasteiger partial charge < -0.3 is 38.4 Å². The number of carbonyl (C=O) groups excluding carboxylic acids is 2. The first-order valence-electron chi connectivity index (χ1n) is 17.7. The molecule has 0 atom stereocenters. The van der Waals surface area contributed by atoms with Gasteiger partial charge in [0.25, 0.3) is 0 Å². The summed E-state index contributed by atoms with van der Waals surface area (Å²) >= 11 is 0. The predicted molar refractivity (Wildman–Crippen MR) is 195 cm³/mol. The third-order valence-corrected chi connectivity index (χ3v) is 8.46. The molecule has 0 saturated carbocycles. The molecule has 0 amide bonds. The smallest absolute Gasteiger partial charge is 0.420 e. The minimum Gasteiger partial charge on any atom is -0.491 e. The van der Waals surface area contributed by atoms with Crippen LogP contribution in [0.15, 0.2) is 60.7 Å². The van der Waals surface area contributed by atoms with Crippen molar-refractivity contribution in [3.63, 3.8) is 0 Å². The third kappa shape index (κ3) is 8.53. The average Bonchev–Trinajstić information content (AvgIpc) is 3.75. The van der Waals surface area contributed by atoms with Crippen molar-refractivity contribution in [3.8, 4) is 28.5 Å². The maximum atomic E-state index is 13.3. The predicted octanol–water partition coefficient (Wildman–Crippen LogP) is 5.75. The Hall–Kier alpha value is -5.02. The van der Waals surface area contributed by atoms with E-state index in [1.807, 2.05) is 54.6 Å². The number of morpholine rings is 1. The molecular weight excluding hydrogens is 670 g/mol. The van der Waals surface area contributed by atoms with Gasteiger partial charge >= 0.3 is 12.2 Å². The van der Waals surface area contributed by atoms with Gasteiger partial charge in [-0.25, -0.2) is 28.7 Å². The Kier molecular flexibility index (Phi) is 12.7. The summed E-state index contributed by atoms with van der Waals surface area (Å²) in [6.45, 7) is 9.39. The number of hydrogen-bond donors (Lipinski definition) is 1. The zero-order valence-electron chi connectivity index (χ0n) is 29.6. The van der Waals surface area contributed by atoms with Crippen LogP contribution in [0.4, 0.5) is 15.3 Å². The summed E-state index contributed by atoms with van der Waals surface area (Å²) in [5.41, 5.74) is 4.65. The summed E-state index contributed by atoms with van der Waals surface area (Å²) in [7, 11) is 0. The van der Waals surface area contributed by atoms with Gasteiger partial charge in [0, 0.05) is 56.3 Å². The van der Waals surface area contributed by atoms with Crippen molar-refractivity contribution in [2.45, 2.75) is 26.7 Å². The van der Waals surface area contributed by atoms with Crippen molar-refractivity contribution in [2.75, 3.05) is 84.1 Å². The Morgan fingerprint density at radius 1 is 0.712 bits per heavy atom. The molecule has 6 rings (SSSR count). The molecule has 0 bridgehead atoms. The van der Waals surface area contributed by atoms with E-state index < -0.39 is 12.2 Å². The molecule has 276 valence electrons. The molecule has 0 aliphatic carbocycles. The van der Waals surface area contributed by atoms with Crippen LogP contribution in [-0.2, 0) is 23.7 Å². The van der Waals surface area contributed by atoms with Crippen LogP contribution < -0.4 is 9.64 Å². The molecule has 14 nitrogen and oxygen atoms in total. The lowest BCUT2D eigenvalue weighted by molar-refractivity contribution is 0.0641. The number of carbonyl (C=O) groups is 2. The molecule has 0 radical (unpaired) electrons. The highest BCUT2D eigenvalue weighted by Gasteiger charge is 2.24. The minimum absolute atomic E-state index is 0.129. The average molecular weight is 716 g/mol. The Morgan fingerprint density at radius 3 is 1.94 bits per heavy atom. The van der Waals surface area contributed by atoms with Gasteiger partial charge in [-0.2, -0.15) is 0 Å². The molecule has 1 N–H and O–H groups in total. The van der Waals surface area contributed by atoms with E-state index in [4.69, 9.17) is 43.5 Å². The molecule has 52 heavy (non-hydrogen) atoms. The number of aliphatic hydroxyl groups is 1. The summed E-state index contributed by atoms with van der Waals surface area (Å²) in [4.78, 5) is 38.6. The van der Waals surface area contributed by atoms with Crippen LogP contribution in [0.3, 0.4) is 0 Å². The second kappa shape index (κ2) is 18.0. The van der Waals surface area contributed by atoms with Gasteiger partial charge in [0.2, 0.25) is 0 Å². The molecule has 3 heterocycles. The molecule has 5 aromatic rings. The van der Waals surface area contributed by atoms with E-state index in [0.29, 0.717) is 103 Å². The fraction of sp³-hybridized carbons (Fsp3) is 0.421. The fourth-order valence-electron chi connectivity index (χ4n) is 5.99. The SMILES string of the molecule is CCOC(=O)n1c(-c2ccc(OCCOCCCOCCCO)cc2)nc2cc(-c3nc4cc(N5CCOCC5)ccc4n3C(=O)OCC)ccc21. The topological polar surface area (TPSA) is 149 Å². The number of anilines is 1. The van der Waals surface area contributed by atoms with Crippen LogP contribution in [0.25, 0.3) is 44.8 Å². The van der Waals surface area contributed by atoms with Gasteiger partial charge in [-0.05, 0) is 87.4 Å². The van der Waals surface area contributed by atoms with E-state index in [-0.39, 0.29) is 19.8 Å². The molecular formula is C38H45N5O9. The van der Waals surface area contributed by atoms with Crippen molar-refractivity contribution in [2.24, 2.45) is 0 Å². The number of benzene rings is 3. The zero-order valence-corrected chi connectivity index (χ0v) is 29.6. The molecule has 2 aromatic heterocycles. The highest BCUT2D eigenvalue weighted by molar-refractivity contribution is 5.97. The van der Waals surface area contributed by atoms with E-state index in [1.165, 1.54) is 9.13 Å². The van der Waals surface area contributed by atoms with Crippen molar-refractivity contribution < 1.29 is 43.1 Å². The Morgan fingerprint density at radius 2 is 1.29 bits per heavy atom.